The van der Waals surface area contributed by atoms with Gasteiger partial charge in [0.1, 0.15) is 5.52 Å². The molecule has 2 aromatic rings. The van der Waals surface area contributed by atoms with Crippen molar-refractivity contribution in [3.05, 3.63) is 35.0 Å². The second-order valence-corrected chi connectivity index (χ2v) is 8.41. The molecule has 140 valence electrons. The van der Waals surface area contributed by atoms with Crippen LogP contribution in [0.4, 0.5) is 5.69 Å². The third kappa shape index (κ3) is 3.03. The summed E-state index contributed by atoms with van der Waals surface area (Å²) in [5.41, 5.74) is 10.1. The van der Waals surface area contributed by atoms with E-state index in [9.17, 15) is 0 Å². The summed E-state index contributed by atoms with van der Waals surface area (Å²) in [6.45, 7) is 6.68. The van der Waals surface area contributed by atoms with Crippen LogP contribution in [0.5, 0.6) is 0 Å². The van der Waals surface area contributed by atoms with E-state index >= 15 is 0 Å². The van der Waals surface area contributed by atoms with Crippen LogP contribution in [-0.4, -0.2) is 37.2 Å². The molecule has 0 saturated carbocycles. The van der Waals surface area contributed by atoms with E-state index in [0.29, 0.717) is 6.04 Å². The number of halogens is 1. The predicted molar refractivity (Wildman–Crippen MR) is 111 cm³/mol. The minimum atomic E-state index is -0.0486. The molecule has 0 bridgehead atoms. The van der Waals surface area contributed by atoms with E-state index in [4.69, 9.17) is 22.3 Å². The van der Waals surface area contributed by atoms with Gasteiger partial charge in [-0.2, -0.15) is 0 Å². The molecule has 1 atom stereocenters. The molecule has 1 aromatic carbocycles. The third-order valence-corrected chi connectivity index (χ3v) is 6.72. The van der Waals surface area contributed by atoms with Crippen LogP contribution in [0, 0.1) is 0 Å². The first-order valence-electron chi connectivity index (χ1n) is 10.0. The number of hydrogen-bond acceptors (Lipinski definition) is 3. The maximum absolute atomic E-state index is 6.64. The van der Waals surface area contributed by atoms with Crippen LogP contribution in [0.25, 0.3) is 10.9 Å². The van der Waals surface area contributed by atoms with E-state index in [2.05, 4.69) is 24.4 Å². The second-order valence-electron chi connectivity index (χ2n) is 8.01. The number of nitrogens with two attached hydrogens (primary N) is 1. The number of hydrogen-bond donors (Lipinski definition) is 2. The standard InChI is InChI=1S/C21H30ClN4/c1-15(23)18-14-19(22)17-6-5-9-25-20(17)21(18)26(12-3-2-4-13-26)16-7-10-24-11-8-16/h5-6,9,14-16,24H,2-4,7-8,10-13,23H2,1H3/q+1. The highest BCUT2D eigenvalue weighted by atomic mass is 35.5. The number of nitrogens with zero attached hydrogens (tertiary/aromatic N) is 2. The van der Waals surface area contributed by atoms with Crippen LogP contribution in [0.15, 0.2) is 24.4 Å². The first-order chi connectivity index (χ1) is 12.6. The second kappa shape index (κ2) is 7.43. The molecular formula is C21H30ClN4+. The molecule has 0 radical (unpaired) electrons. The molecule has 26 heavy (non-hydrogen) atoms. The monoisotopic (exact) mass is 373 g/mol. The molecule has 0 amide bonds. The highest BCUT2D eigenvalue weighted by molar-refractivity contribution is 6.36. The van der Waals surface area contributed by atoms with E-state index in [1.54, 1.807) is 0 Å². The summed E-state index contributed by atoms with van der Waals surface area (Å²) in [7, 11) is 0. The Hall–Kier alpha value is -1.20. The molecule has 2 fully saturated rings. The van der Waals surface area contributed by atoms with Gasteiger partial charge in [-0.15, -0.1) is 0 Å². The Bertz CT molecular complexity index is 777. The molecule has 4 rings (SSSR count). The van der Waals surface area contributed by atoms with Gasteiger partial charge in [0, 0.05) is 49.1 Å². The largest absolute Gasteiger partial charge is 0.324 e. The predicted octanol–water partition coefficient (Wildman–Crippen LogP) is 4.15. The zero-order chi connectivity index (χ0) is 18.1. The quantitative estimate of drug-likeness (QED) is 0.794. The fourth-order valence-corrected chi connectivity index (χ4v) is 5.44. The fraction of sp³-hybridized carbons (Fsp3) is 0.571. The minimum Gasteiger partial charge on any atom is -0.324 e. The summed E-state index contributed by atoms with van der Waals surface area (Å²) in [6.07, 6.45) is 8.22. The Balaban J connectivity index is 1.99. The van der Waals surface area contributed by atoms with Gasteiger partial charge >= 0.3 is 0 Å². The number of likely N-dealkylation sites (tertiary alicyclic amines) is 1. The van der Waals surface area contributed by atoms with Crippen molar-refractivity contribution in [3.8, 4) is 0 Å². The molecule has 3 heterocycles. The average Bonchev–Trinajstić information content (AvgIpc) is 2.69. The van der Waals surface area contributed by atoms with Gasteiger partial charge in [0.2, 0.25) is 0 Å². The van der Waals surface area contributed by atoms with Crippen molar-refractivity contribution in [1.82, 2.24) is 14.8 Å². The maximum Gasteiger partial charge on any atom is 0.164 e. The first-order valence-corrected chi connectivity index (χ1v) is 10.4. The Morgan fingerprint density at radius 3 is 2.65 bits per heavy atom. The lowest BCUT2D eigenvalue weighted by Gasteiger charge is -2.49. The Labute approximate surface area is 161 Å². The Morgan fingerprint density at radius 1 is 1.23 bits per heavy atom. The molecule has 2 saturated heterocycles. The van der Waals surface area contributed by atoms with Gasteiger partial charge in [0.05, 0.1) is 24.2 Å². The number of fused-ring (bicyclic) bond motifs is 1. The molecule has 2 aliphatic heterocycles. The van der Waals surface area contributed by atoms with Crippen LogP contribution in [-0.2, 0) is 0 Å². The highest BCUT2D eigenvalue weighted by Gasteiger charge is 2.44. The number of quaternary nitrogens is 1. The first kappa shape index (κ1) is 18.2. The lowest BCUT2D eigenvalue weighted by Crippen LogP contribution is -2.62. The summed E-state index contributed by atoms with van der Waals surface area (Å²) in [5, 5.41) is 5.36. The van der Waals surface area contributed by atoms with E-state index in [1.165, 1.54) is 56.4 Å². The van der Waals surface area contributed by atoms with E-state index in [-0.39, 0.29) is 6.04 Å². The highest BCUT2D eigenvalue weighted by Crippen LogP contribution is 2.44. The van der Waals surface area contributed by atoms with Crippen LogP contribution >= 0.6 is 11.6 Å². The molecule has 1 aromatic heterocycles. The van der Waals surface area contributed by atoms with Gasteiger partial charge < -0.3 is 11.1 Å². The smallest absolute Gasteiger partial charge is 0.164 e. The average molecular weight is 374 g/mol. The molecule has 0 spiro atoms. The lowest BCUT2D eigenvalue weighted by atomic mass is 9.91. The maximum atomic E-state index is 6.64. The van der Waals surface area contributed by atoms with Crippen molar-refractivity contribution in [2.45, 2.75) is 51.1 Å². The topological polar surface area (TPSA) is 50.9 Å². The summed E-state index contributed by atoms with van der Waals surface area (Å²) >= 11 is 6.64. The molecule has 1 unspecified atom stereocenters. The summed E-state index contributed by atoms with van der Waals surface area (Å²) < 4.78 is 1.04. The molecular weight excluding hydrogens is 344 g/mol. The SMILES string of the molecule is CC(N)c1cc(Cl)c2cccnc2c1[N+]1(C2CCNCC2)CCCCC1. The summed E-state index contributed by atoms with van der Waals surface area (Å²) in [4.78, 5) is 4.83. The van der Waals surface area contributed by atoms with Crippen molar-refractivity contribution in [2.75, 3.05) is 26.2 Å². The van der Waals surface area contributed by atoms with E-state index in [0.717, 1.165) is 33.5 Å². The van der Waals surface area contributed by atoms with Gasteiger partial charge in [-0.25, -0.2) is 4.98 Å². The zero-order valence-corrected chi connectivity index (χ0v) is 16.4. The number of pyridine rings is 1. The van der Waals surface area contributed by atoms with Crippen LogP contribution in [0.1, 0.15) is 50.6 Å². The minimum absolute atomic E-state index is 0.0486. The van der Waals surface area contributed by atoms with Gasteiger partial charge in [-0.3, -0.25) is 4.48 Å². The number of rotatable bonds is 3. The van der Waals surface area contributed by atoms with E-state index < -0.39 is 0 Å². The van der Waals surface area contributed by atoms with Crippen LogP contribution < -0.4 is 15.5 Å². The van der Waals surface area contributed by atoms with Crippen LogP contribution in [0.3, 0.4) is 0 Å². The van der Waals surface area contributed by atoms with Gasteiger partial charge in [0.15, 0.2) is 5.69 Å². The summed E-state index contributed by atoms with van der Waals surface area (Å²) in [6, 6.07) is 6.78. The van der Waals surface area contributed by atoms with Gasteiger partial charge in [-0.05, 0) is 44.4 Å². The van der Waals surface area contributed by atoms with Gasteiger partial charge in [-0.1, -0.05) is 11.6 Å². The number of aromatic nitrogens is 1. The number of nitrogens with one attached hydrogen (secondary N) is 1. The molecule has 2 aliphatic rings. The molecule has 4 nitrogen and oxygen atoms in total. The van der Waals surface area contributed by atoms with Crippen molar-refractivity contribution >= 4 is 28.2 Å². The zero-order valence-electron chi connectivity index (χ0n) is 15.7. The van der Waals surface area contributed by atoms with Crippen molar-refractivity contribution in [3.63, 3.8) is 0 Å². The van der Waals surface area contributed by atoms with Crippen LogP contribution in [0.2, 0.25) is 5.02 Å². The van der Waals surface area contributed by atoms with Crippen molar-refractivity contribution in [1.29, 1.82) is 0 Å². The summed E-state index contributed by atoms with van der Waals surface area (Å²) in [5.74, 6) is 0. The lowest BCUT2D eigenvalue weighted by molar-refractivity contribution is 0.139. The molecule has 0 aliphatic carbocycles. The van der Waals surface area contributed by atoms with E-state index in [1.807, 2.05) is 12.3 Å². The van der Waals surface area contributed by atoms with Crippen molar-refractivity contribution in [2.24, 2.45) is 5.73 Å². The normalized spacial score (nSPS) is 22.4. The number of benzene rings is 1. The Kier molecular flexibility index (Phi) is 5.20. The number of piperidine rings is 2. The third-order valence-electron chi connectivity index (χ3n) is 6.40. The fourth-order valence-electron chi connectivity index (χ4n) is 5.17. The molecule has 3 N–H and O–H groups in total. The Morgan fingerprint density at radius 2 is 1.96 bits per heavy atom. The van der Waals surface area contributed by atoms with Gasteiger partial charge in [0.25, 0.3) is 0 Å². The van der Waals surface area contributed by atoms with Crippen molar-refractivity contribution < 1.29 is 0 Å². The molecule has 5 heteroatoms.